The van der Waals surface area contributed by atoms with E-state index in [2.05, 4.69) is 5.32 Å². The first-order valence-corrected chi connectivity index (χ1v) is 3.79. The number of ether oxygens (including phenoxy) is 1. The van der Waals surface area contributed by atoms with Gasteiger partial charge in [0.25, 0.3) is 0 Å². The molecule has 0 aliphatic carbocycles. The highest BCUT2D eigenvalue weighted by Crippen LogP contribution is 2.31. The van der Waals surface area contributed by atoms with Crippen LogP contribution >= 0.6 is 0 Å². The van der Waals surface area contributed by atoms with Crippen LogP contribution in [0.25, 0.3) is 0 Å². The highest BCUT2D eigenvalue weighted by atomic mass is 19.1. The standard InChI is InChI=1S/C8H9FN2O3/c1-10-6-4-8(14-2)7(11(12)13)3-5(6)9/h3-4,10H,1-2H3. The molecule has 0 saturated heterocycles. The average molecular weight is 200 g/mol. The molecule has 1 N–H and O–H groups in total. The van der Waals surface area contributed by atoms with E-state index in [1.807, 2.05) is 0 Å². The van der Waals surface area contributed by atoms with Crippen molar-refractivity contribution >= 4 is 11.4 Å². The molecule has 5 nitrogen and oxygen atoms in total. The maximum atomic E-state index is 13.1. The third kappa shape index (κ3) is 1.73. The van der Waals surface area contributed by atoms with E-state index >= 15 is 0 Å². The molecule has 0 bridgehead atoms. The van der Waals surface area contributed by atoms with E-state index < -0.39 is 10.7 Å². The molecular weight excluding hydrogens is 191 g/mol. The monoisotopic (exact) mass is 200 g/mol. The summed E-state index contributed by atoms with van der Waals surface area (Å²) in [7, 11) is 2.81. The zero-order chi connectivity index (χ0) is 10.7. The molecular formula is C8H9FN2O3. The number of nitro benzene ring substituents is 1. The zero-order valence-corrected chi connectivity index (χ0v) is 7.70. The van der Waals surface area contributed by atoms with Crippen molar-refractivity contribution in [1.82, 2.24) is 0 Å². The molecule has 14 heavy (non-hydrogen) atoms. The molecule has 1 rings (SSSR count). The SMILES string of the molecule is CNc1cc(OC)c([N+](=O)[O-])cc1F. The Morgan fingerprint density at radius 1 is 1.57 bits per heavy atom. The van der Waals surface area contributed by atoms with Gasteiger partial charge in [0.05, 0.1) is 23.8 Å². The first-order valence-electron chi connectivity index (χ1n) is 3.79. The Bertz CT molecular complexity index is 368. The van der Waals surface area contributed by atoms with Crippen molar-refractivity contribution in [2.75, 3.05) is 19.5 Å². The Balaban J connectivity index is 3.31. The summed E-state index contributed by atoms with van der Waals surface area (Å²) >= 11 is 0. The van der Waals surface area contributed by atoms with Gasteiger partial charge in [-0.2, -0.15) is 0 Å². The molecule has 1 aromatic carbocycles. The van der Waals surface area contributed by atoms with Crippen molar-refractivity contribution in [3.8, 4) is 5.75 Å². The molecule has 0 unspecified atom stereocenters. The predicted molar refractivity (Wildman–Crippen MR) is 49.2 cm³/mol. The Morgan fingerprint density at radius 2 is 2.21 bits per heavy atom. The summed E-state index contributed by atoms with van der Waals surface area (Å²) in [6.07, 6.45) is 0. The number of rotatable bonds is 3. The summed E-state index contributed by atoms with van der Waals surface area (Å²) in [5, 5.41) is 13.0. The Labute approximate surface area is 79.6 Å². The highest BCUT2D eigenvalue weighted by molar-refractivity contribution is 5.58. The van der Waals surface area contributed by atoms with Gasteiger partial charge >= 0.3 is 5.69 Å². The van der Waals surface area contributed by atoms with Crippen LogP contribution in [0.2, 0.25) is 0 Å². The molecule has 0 saturated carbocycles. The number of nitrogens with one attached hydrogen (secondary N) is 1. The quantitative estimate of drug-likeness (QED) is 0.596. The lowest BCUT2D eigenvalue weighted by molar-refractivity contribution is -0.385. The minimum absolute atomic E-state index is 0.0285. The van der Waals surface area contributed by atoms with Crippen LogP contribution in [-0.2, 0) is 0 Å². The van der Waals surface area contributed by atoms with Gasteiger partial charge in [-0.05, 0) is 0 Å². The van der Waals surface area contributed by atoms with E-state index in [9.17, 15) is 14.5 Å². The van der Waals surface area contributed by atoms with E-state index in [-0.39, 0.29) is 17.1 Å². The van der Waals surface area contributed by atoms with Crippen LogP contribution in [0.4, 0.5) is 15.8 Å². The van der Waals surface area contributed by atoms with Crippen molar-refractivity contribution in [1.29, 1.82) is 0 Å². The van der Waals surface area contributed by atoms with Gasteiger partial charge in [-0.25, -0.2) is 4.39 Å². The Kier molecular flexibility index (Phi) is 2.85. The maximum Gasteiger partial charge on any atom is 0.313 e. The fraction of sp³-hybridized carbons (Fsp3) is 0.250. The molecule has 0 aliphatic heterocycles. The second kappa shape index (κ2) is 3.91. The number of hydrogen-bond donors (Lipinski definition) is 1. The van der Waals surface area contributed by atoms with E-state index in [4.69, 9.17) is 4.74 Å². The van der Waals surface area contributed by atoms with Crippen molar-refractivity contribution in [3.63, 3.8) is 0 Å². The van der Waals surface area contributed by atoms with Crippen LogP contribution in [0.15, 0.2) is 12.1 Å². The van der Waals surface area contributed by atoms with Gasteiger partial charge in [0.15, 0.2) is 11.6 Å². The number of halogens is 1. The first-order chi connectivity index (χ1) is 6.60. The van der Waals surface area contributed by atoms with Crippen molar-refractivity contribution in [3.05, 3.63) is 28.1 Å². The maximum absolute atomic E-state index is 13.1. The fourth-order valence-corrected chi connectivity index (χ4v) is 1.04. The summed E-state index contributed by atoms with van der Waals surface area (Å²) in [5.41, 5.74) is -0.226. The smallest absolute Gasteiger partial charge is 0.313 e. The second-order valence-electron chi connectivity index (χ2n) is 2.51. The molecule has 1 aromatic rings. The van der Waals surface area contributed by atoms with E-state index in [0.717, 1.165) is 6.07 Å². The average Bonchev–Trinajstić information content (AvgIpc) is 2.17. The summed E-state index contributed by atoms with van der Waals surface area (Å²) in [4.78, 5) is 9.78. The molecule has 76 valence electrons. The molecule has 6 heteroatoms. The molecule has 0 aliphatic rings. The van der Waals surface area contributed by atoms with Crippen LogP contribution < -0.4 is 10.1 Å². The van der Waals surface area contributed by atoms with E-state index in [1.54, 1.807) is 0 Å². The number of hydrogen-bond acceptors (Lipinski definition) is 4. The highest BCUT2D eigenvalue weighted by Gasteiger charge is 2.18. The number of nitro groups is 1. The topological polar surface area (TPSA) is 64.4 Å². The zero-order valence-electron chi connectivity index (χ0n) is 7.70. The third-order valence-corrected chi connectivity index (χ3v) is 1.73. The van der Waals surface area contributed by atoms with Gasteiger partial charge in [0.2, 0.25) is 0 Å². The molecule has 0 fully saturated rings. The molecule has 0 radical (unpaired) electrons. The third-order valence-electron chi connectivity index (χ3n) is 1.73. The van der Waals surface area contributed by atoms with Gasteiger partial charge in [-0.15, -0.1) is 0 Å². The summed E-state index contributed by atoms with van der Waals surface area (Å²) in [6.45, 7) is 0. The predicted octanol–water partition coefficient (Wildman–Crippen LogP) is 1.78. The van der Waals surface area contributed by atoms with E-state index in [1.165, 1.54) is 20.2 Å². The van der Waals surface area contributed by atoms with Crippen LogP contribution in [0.3, 0.4) is 0 Å². The second-order valence-corrected chi connectivity index (χ2v) is 2.51. The van der Waals surface area contributed by atoms with Crippen LogP contribution in [-0.4, -0.2) is 19.1 Å². The molecule has 0 spiro atoms. The molecule has 0 heterocycles. The minimum Gasteiger partial charge on any atom is -0.490 e. The number of benzene rings is 1. The van der Waals surface area contributed by atoms with Gasteiger partial charge in [-0.3, -0.25) is 10.1 Å². The Hall–Kier alpha value is -1.85. The fourth-order valence-electron chi connectivity index (χ4n) is 1.04. The van der Waals surface area contributed by atoms with E-state index in [0.29, 0.717) is 0 Å². The summed E-state index contributed by atoms with van der Waals surface area (Å²) in [6, 6.07) is 2.07. The van der Waals surface area contributed by atoms with Crippen molar-refractivity contribution in [2.24, 2.45) is 0 Å². The summed E-state index contributed by atoms with van der Waals surface area (Å²) < 4.78 is 17.9. The number of methoxy groups -OCH3 is 1. The normalized spacial score (nSPS) is 9.64. The van der Waals surface area contributed by atoms with Crippen LogP contribution in [0.1, 0.15) is 0 Å². The molecule has 0 atom stereocenters. The number of nitrogens with zero attached hydrogens (tertiary/aromatic N) is 1. The van der Waals surface area contributed by atoms with Crippen molar-refractivity contribution < 1.29 is 14.1 Å². The van der Waals surface area contributed by atoms with Crippen LogP contribution in [0.5, 0.6) is 5.75 Å². The lowest BCUT2D eigenvalue weighted by Gasteiger charge is -2.05. The van der Waals surface area contributed by atoms with Gasteiger partial charge in [-0.1, -0.05) is 0 Å². The summed E-state index contributed by atoms with van der Waals surface area (Å²) in [5.74, 6) is -0.652. The van der Waals surface area contributed by atoms with Gasteiger partial charge in [0.1, 0.15) is 0 Å². The molecule has 0 aromatic heterocycles. The van der Waals surface area contributed by atoms with Crippen LogP contribution in [0, 0.1) is 15.9 Å². The first kappa shape index (κ1) is 10.2. The minimum atomic E-state index is -0.693. The lowest BCUT2D eigenvalue weighted by Crippen LogP contribution is -1.98. The van der Waals surface area contributed by atoms with Gasteiger partial charge < -0.3 is 10.1 Å². The van der Waals surface area contributed by atoms with Gasteiger partial charge in [0, 0.05) is 13.1 Å². The largest absolute Gasteiger partial charge is 0.490 e. The Morgan fingerprint density at radius 3 is 2.64 bits per heavy atom. The lowest BCUT2D eigenvalue weighted by atomic mass is 10.2. The number of anilines is 1. The molecule has 0 amide bonds. The van der Waals surface area contributed by atoms with Crippen molar-refractivity contribution in [2.45, 2.75) is 0 Å².